The maximum Gasteiger partial charge on any atom is 0.312 e. The number of carbonyl (C=O) groups excluding carboxylic acids is 2. The predicted octanol–water partition coefficient (Wildman–Crippen LogP) is 2.61. The van der Waals surface area contributed by atoms with Crippen LogP contribution in [0.15, 0.2) is 36.9 Å². The molecular weight excluding hydrogens is 455 g/mol. The van der Waals surface area contributed by atoms with Crippen molar-refractivity contribution in [1.29, 1.82) is 0 Å². The lowest BCUT2D eigenvalue weighted by Gasteiger charge is -2.36. The molecule has 2 aliphatic rings. The van der Waals surface area contributed by atoms with Crippen LogP contribution in [0.25, 0.3) is 0 Å². The summed E-state index contributed by atoms with van der Waals surface area (Å²) in [6.45, 7) is 4.47. The van der Waals surface area contributed by atoms with Crippen LogP contribution in [0, 0.1) is 12.3 Å². The molecule has 0 saturated carbocycles. The zero-order valence-electron chi connectivity index (χ0n) is 18.1. The summed E-state index contributed by atoms with van der Waals surface area (Å²) in [7, 11) is 0. The zero-order valence-corrected chi connectivity index (χ0v) is 19.7. The van der Waals surface area contributed by atoms with Crippen molar-refractivity contribution >= 4 is 36.7 Å². The molecule has 2 aliphatic heterocycles. The van der Waals surface area contributed by atoms with Crippen LogP contribution in [-0.2, 0) is 16.1 Å². The first-order valence-corrected chi connectivity index (χ1v) is 10.4. The second-order valence-corrected chi connectivity index (χ2v) is 8.18. The topological polar surface area (TPSA) is 99.7 Å². The summed E-state index contributed by atoms with van der Waals surface area (Å²) < 4.78 is 13.2. The Balaban J connectivity index is 0.00000181. The number of imidazole rings is 1. The third kappa shape index (κ3) is 5.36. The largest absolute Gasteiger partial charge is 0.492 e. The molecule has 0 radical (unpaired) electrons. The molecule has 10 heteroatoms. The minimum Gasteiger partial charge on any atom is -0.492 e. The van der Waals surface area contributed by atoms with Crippen molar-refractivity contribution in [3.63, 3.8) is 0 Å². The van der Waals surface area contributed by atoms with Crippen molar-refractivity contribution in [3.05, 3.63) is 48.0 Å². The second-order valence-electron chi connectivity index (χ2n) is 8.18. The molecule has 2 fully saturated rings. The molecular formula is C22H30Cl2N4O4. The zero-order chi connectivity index (χ0) is 21.1. The van der Waals surface area contributed by atoms with Gasteiger partial charge in [0.1, 0.15) is 18.5 Å². The van der Waals surface area contributed by atoms with Gasteiger partial charge in [-0.05, 0) is 37.5 Å². The van der Waals surface area contributed by atoms with Gasteiger partial charge in [-0.2, -0.15) is 0 Å². The Morgan fingerprint density at radius 1 is 1.31 bits per heavy atom. The first-order valence-electron chi connectivity index (χ1n) is 10.4. The maximum atomic E-state index is 13.0. The third-order valence-electron chi connectivity index (χ3n) is 6.12. The van der Waals surface area contributed by atoms with E-state index in [0.717, 1.165) is 5.56 Å². The van der Waals surface area contributed by atoms with Gasteiger partial charge >= 0.3 is 5.97 Å². The number of rotatable bonds is 6. The Labute approximate surface area is 200 Å². The Morgan fingerprint density at radius 3 is 2.72 bits per heavy atom. The number of cyclic esters (lactones) is 1. The predicted molar refractivity (Wildman–Crippen MR) is 125 cm³/mol. The Bertz CT molecular complexity index is 915. The van der Waals surface area contributed by atoms with E-state index in [2.05, 4.69) is 4.98 Å². The van der Waals surface area contributed by atoms with Crippen LogP contribution < -0.4 is 10.5 Å². The number of piperidine rings is 1. The Morgan fingerprint density at radius 2 is 2.06 bits per heavy atom. The fourth-order valence-electron chi connectivity index (χ4n) is 4.36. The van der Waals surface area contributed by atoms with Gasteiger partial charge in [0.15, 0.2) is 0 Å². The Kier molecular flexibility index (Phi) is 8.95. The van der Waals surface area contributed by atoms with Crippen molar-refractivity contribution < 1.29 is 19.1 Å². The molecule has 1 amide bonds. The molecule has 2 aromatic rings. The van der Waals surface area contributed by atoms with Crippen molar-refractivity contribution in [2.45, 2.75) is 38.8 Å². The molecule has 176 valence electrons. The van der Waals surface area contributed by atoms with Crippen molar-refractivity contribution in [3.8, 4) is 5.75 Å². The molecule has 4 rings (SSSR count). The molecule has 1 spiro atoms. The van der Waals surface area contributed by atoms with Crippen molar-refractivity contribution in [2.24, 2.45) is 11.1 Å². The van der Waals surface area contributed by atoms with Gasteiger partial charge in [-0.3, -0.25) is 9.59 Å². The number of amides is 1. The molecule has 32 heavy (non-hydrogen) atoms. The molecule has 2 N–H and O–H groups in total. The lowest BCUT2D eigenvalue weighted by atomic mass is 9.76. The van der Waals surface area contributed by atoms with Crippen LogP contribution in [0.2, 0.25) is 0 Å². The molecule has 3 heterocycles. The van der Waals surface area contributed by atoms with E-state index in [4.69, 9.17) is 15.2 Å². The van der Waals surface area contributed by atoms with E-state index in [1.807, 2.05) is 34.7 Å². The fourth-order valence-corrected chi connectivity index (χ4v) is 4.36. The minimum absolute atomic E-state index is 0. The van der Waals surface area contributed by atoms with Crippen LogP contribution in [-0.4, -0.2) is 58.7 Å². The van der Waals surface area contributed by atoms with Gasteiger partial charge in [0.25, 0.3) is 5.91 Å². The highest BCUT2D eigenvalue weighted by molar-refractivity contribution is 5.95. The third-order valence-corrected chi connectivity index (χ3v) is 6.12. The van der Waals surface area contributed by atoms with Gasteiger partial charge in [-0.25, -0.2) is 4.98 Å². The molecule has 1 aromatic heterocycles. The number of aromatic nitrogens is 2. The number of aryl methyl sites for hydroxylation is 1. The van der Waals surface area contributed by atoms with Gasteiger partial charge < -0.3 is 24.7 Å². The van der Waals surface area contributed by atoms with Gasteiger partial charge in [-0.15, -0.1) is 24.8 Å². The summed E-state index contributed by atoms with van der Waals surface area (Å²) in [5.74, 6) is 0.512. The van der Waals surface area contributed by atoms with Gasteiger partial charge in [0.2, 0.25) is 0 Å². The van der Waals surface area contributed by atoms with Gasteiger partial charge in [-0.1, -0.05) is 6.07 Å². The summed E-state index contributed by atoms with van der Waals surface area (Å²) >= 11 is 0. The molecule has 2 saturated heterocycles. The highest BCUT2D eigenvalue weighted by atomic mass is 35.5. The van der Waals surface area contributed by atoms with E-state index in [1.54, 1.807) is 18.6 Å². The normalized spacial score (nSPS) is 19.1. The van der Waals surface area contributed by atoms with Gasteiger partial charge in [0.05, 0.1) is 18.3 Å². The number of hydrogen-bond acceptors (Lipinski definition) is 6. The first kappa shape index (κ1) is 26.0. The van der Waals surface area contributed by atoms with Crippen LogP contribution in [0.5, 0.6) is 5.75 Å². The van der Waals surface area contributed by atoms with Crippen LogP contribution >= 0.6 is 24.8 Å². The average molecular weight is 485 g/mol. The number of nitrogens with zero attached hydrogens (tertiary/aromatic N) is 3. The lowest BCUT2D eigenvalue weighted by Crippen LogP contribution is -2.45. The minimum atomic E-state index is -0.481. The van der Waals surface area contributed by atoms with Crippen LogP contribution in [0.1, 0.15) is 35.2 Å². The standard InChI is InChI=1S/C22H28N4O4.2ClH/c1-16-2-3-17(12-19(16)29-11-6-23)20(27)26-8-4-22(5-9-26)13-18(30-21(22)28)14-25-10-7-24-15-25;;/h2-3,7,10,12,15,18H,4-6,8-9,11,13-14,23H2,1H3;2*1H. The quantitative estimate of drug-likeness (QED) is 0.632. The van der Waals surface area contributed by atoms with Crippen molar-refractivity contribution in [1.82, 2.24) is 14.5 Å². The van der Waals surface area contributed by atoms with Gasteiger partial charge in [0, 0.05) is 44.0 Å². The first-order chi connectivity index (χ1) is 14.5. The van der Waals surface area contributed by atoms with E-state index in [-0.39, 0.29) is 42.8 Å². The monoisotopic (exact) mass is 484 g/mol. The highest BCUT2D eigenvalue weighted by Crippen LogP contribution is 2.43. The van der Waals surface area contributed by atoms with E-state index >= 15 is 0 Å². The number of benzene rings is 1. The number of ether oxygens (including phenoxy) is 2. The number of likely N-dealkylation sites (tertiary alicyclic amines) is 1. The summed E-state index contributed by atoms with van der Waals surface area (Å²) in [6.07, 6.45) is 7.11. The van der Waals surface area contributed by atoms with Crippen LogP contribution in [0.4, 0.5) is 0 Å². The molecule has 0 bridgehead atoms. The van der Waals surface area contributed by atoms with E-state index in [9.17, 15) is 9.59 Å². The number of hydrogen-bond donors (Lipinski definition) is 1. The molecule has 1 aromatic carbocycles. The number of esters is 1. The molecule has 8 nitrogen and oxygen atoms in total. The van der Waals surface area contributed by atoms with E-state index in [0.29, 0.717) is 63.4 Å². The van der Waals surface area contributed by atoms with Crippen LogP contribution in [0.3, 0.4) is 0 Å². The SMILES string of the molecule is Cc1ccc(C(=O)N2CCC3(CC2)CC(Cn2ccnc2)OC3=O)cc1OCCN.Cl.Cl. The summed E-state index contributed by atoms with van der Waals surface area (Å²) in [5.41, 5.74) is 6.59. The highest BCUT2D eigenvalue weighted by Gasteiger charge is 2.50. The maximum absolute atomic E-state index is 13.0. The summed E-state index contributed by atoms with van der Waals surface area (Å²) in [6, 6.07) is 5.49. The number of halogens is 2. The fraction of sp³-hybridized carbons (Fsp3) is 0.500. The lowest BCUT2D eigenvalue weighted by molar-refractivity contribution is -0.150. The number of nitrogens with two attached hydrogens (primary N) is 1. The Hall–Kier alpha value is -2.29. The summed E-state index contributed by atoms with van der Waals surface area (Å²) in [4.78, 5) is 31.5. The average Bonchev–Trinajstić information content (AvgIpc) is 3.36. The van der Waals surface area contributed by atoms with E-state index in [1.165, 1.54) is 0 Å². The molecule has 0 aliphatic carbocycles. The molecule has 1 atom stereocenters. The molecule has 1 unspecified atom stereocenters. The van der Waals surface area contributed by atoms with E-state index < -0.39 is 5.41 Å². The summed E-state index contributed by atoms with van der Waals surface area (Å²) in [5, 5.41) is 0. The number of carbonyl (C=O) groups is 2. The smallest absolute Gasteiger partial charge is 0.312 e. The second kappa shape index (κ2) is 11.0. The van der Waals surface area contributed by atoms with Crippen molar-refractivity contribution in [2.75, 3.05) is 26.2 Å².